The van der Waals surface area contributed by atoms with E-state index < -0.39 is 0 Å². The number of ether oxygens (including phenoxy) is 1. The van der Waals surface area contributed by atoms with Crippen LogP contribution < -0.4 is 0 Å². The lowest BCUT2D eigenvalue weighted by atomic mass is 9.98. The first-order valence-electron chi connectivity index (χ1n) is 7.91. The highest BCUT2D eigenvalue weighted by Gasteiger charge is 2.26. The number of carbonyl (C=O) groups is 1. The molecule has 0 spiro atoms. The summed E-state index contributed by atoms with van der Waals surface area (Å²) in [7, 11) is 0. The summed E-state index contributed by atoms with van der Waals surface area (Å²) in [6.07, 6.45) is 6.10. The van der Waals surface area contributed by atoms with Gasteiger partial charge in [0.2, 0.25) is 0 Å². The third-order valence-corrected chi connectivity index (χ3v) is 4.27. The summed E-state index contributed by atoms with van der Waals surface area (Å²) < 4.78 is 5.14. The lowest BCUT2D eigenvalue weighted by molar-refractivity contribution is -0.149. The van der Waals surface area contributed by atoms with Gasteiger partial charge in [0.15, 0.2) is 0 Å². The van der Waals surface area contributed by atoms with E-state index in [1.54, 1.807) is 0 Å². The summed E-state index contributed by atoms with van der Waals surface area (Å²) in [5.41, 5.74) is 0. The maximum atomic E-state index is 11.8. The Morgan fingerprint density at radius 3 is 2.53 bits per heavy atom. The first kappa shape index (κ1) is 14.8. The van der Waals surface area contributed by atoms with E-state index in [0.29, 0.717) is 6.61 Å². The average molecular weight is 268 g/mol. The van der Waals surface area contributed by atoms with Gasteiger partial charge in [-0.2, -0.15) is 0 Å². The number of carbonyl (C=O) groups excluding carboxylic acids is 1. The van der Waals surface area contributed by atoms with Crippen molar-refractivity contribution in [2.45, 2.75) is 39.0 Å². The second kappa shape index (κ2) is 7.85. The van der Waals surface area contributed by atoms with E-state index in [2.05, 4.69) is 9.80 Å². The topological polar surface area (TPSA) is 32.8 Å². The first-order chi connectivity index (χ1) is 9.29. The molecule has 2 rings (SSSR count). The number of piperidine rings is 1. The molecule has 2 fully saturated rings. The van der Waals surface area contributed by atoms with Crippen molar-refractivity contribution >= 4 is 5.97 Å². The summed E-state index contributed by atoms with van der Waals surface area (Å²) in [5, 5.41) is 0. The Labute approximate surface area is 117 Å². The number of esters is 1. The van der Waals surface area contributed by atoms with Gasteiger partial charge in [-0.25, -0.2) is 0 Å². The molecule has 0 amide bonds. The second-order valence-electron chi connectivity index (χ2n) is 5.79. The molecule has 0 unspecified atom stereocenters. The molecular weight excluding hydrogens is 240 g/mol. The monoisotopic (exact) mass is 268 g/mol. The van der Waals surface area contributed by atoms with Crippen molar-refractivity contribution < 1.29 is 9.53 Å². The fourth-order valence-corrected chi connectivity index (χ4v) is 3.24. The van der Waals surface area contributed by atoms with Crippen LogP contribution in [0.2, 0.25) is 0 Å². The Kier molecular flexibility index (Phi) is 6.11. The summed E-state index contributed by atoms with van der Waals surface area (Å²) in [6, 6.07) is 0. The highest BCUT2D eigenvalue weighted by atomic mass is 16.5. The molecule has 2 aliphatic heterocycles. The highest BCUT2D eigenvalue weighted by molar-refractivity contribution is 5.72. The molecule has 0 saturated carbocycles. The second-order valence-corrected chi connectivity index (χ2v) is 5.79. The summed E-state index contributed by atoms with van der Waals surface area (Å²) in [4.78, 5) is 16.8. The van der Waals surface area contributed by atoms with Gasteiger partial charge in [0, 0.05) is 6.54 Å². The van der Waals surface area contributed by atoms with Gasteiger partial charge in [-0.05, 0) is 71.8 Å². The van der Waals surface area contributed by atoms with Gasteiger partial charge < -0.3 is 14.5 Å². The van der Waals surface area contributed by atoms with Crippen LogP contribution in [0.1, 0.15) is 39.0 Å². The van der Waals surface area contributed by atoms with E-state index >= 15 is 0 Å². The molecule has 2 heterocycles. The van der Waals surface area contributed by atoms with Crippen molar-refractivity contribution in [3.05, 3.63) is 0 Å². The van der Waals surface area contributed by atoms with Crippen LogP contribution in [-0.2, 0) is 9.53 Å². The van der Waals surface area contributed by atoms with Crippen molar-refractivity contribution in [2.24, 2.45) is 5.92 Å². The zero-order valence-electron chi connectivity index (χ0n) is 12.3. The zero-order chi connectivity index (χ0) is 13.5. The molecule has 0 N–H and O–H groups in total. The van der Waals surface area contributed by atoms with E-state index in [-0.39, 0.29) is 11.9 Å². The van der Waals surface area contributed by atoms with Gasteiger partial charge in [0.25, 0.3) is 0 Å². The van der Waals surface area contributed by atoms with Crippen molar-refractivity contribution in [2.75, 3.05) is 45.9 Å². The Morgan fingerprint density at radius 1 is 1.11 bits per heavy atom. The van der Waals surface area contributed by atoms with Crippen LogP contribution >= 0.6 is 0 Å². The number of hydrogen-bond donors (Lipinski definition) is 0. The van der Waals surface area contributed by atoms with Gasteiger partial charge in [-0.3, -0.25) is 4.79 Å². The minimum Gasteiger partial charge on any atom is -0.466 e. The highest BCUT2D eigenvalue weighted by Crippen LogP contribution is 2.18. The molecule has 0 aliphatic carbocycles. The van der Waals surface area contributed by atoms with E-state index in [1.807, 2.05) is 6.92 Å². The molecule has 0 aromatic carbocycles. The number of hydrogen-bond acceptors (Lipinski definition) is 4. The third-order valence-electron chi connectivity index (χ3n) is 4.27. The Morgan fingerprint density at radius 2 is 1.79 bits per heavy atom. The van der Waals surface area contributed by atoms with Crippen LogP contribution in [0.3, 0.4) is 0 Å². The number of likely N-dealkylation sites (tertiary alicyclic amines) is 2. The smallest absolute Gasteiger partial charge is 0.310 e. The third kappa shape index (κ3) is 4.77. The largest absolute Gasteiger partial charge is 0.466 e. The number of nitrogens with zero attached hydrogens (tertiary/aromatic N) is 2. The molecule has 0 aromatic rings. The molecule has 110 valence electrons. The summed E-state index contributed by atoms with van der Waals surface area (Å²) in [5.74, 6) is 0.118. The van der Waals surface area contributed by atoms with E-state index in [1.165, 1.54) is 38.9 Å². The maximum Gasteiger partial charge on any atom is 0.310 e. The predicted octanol–water partition coefficient (Wildman–Crippen LogP) is 1.75. The fraction of sp³-hybridized carbons (Fsp3) is 0.933. The van der Waals surface area contributed by atoms with Crippen LogP contribution in [0.15, 0.2) is 0 Å². The van der Waals surface area contributed by atoms with Crippen molar-refractivity contribution in [1.82, 2.24) is 9.80 Å². The van der Waals surface area contributed by atoms with E-state index in [4.69, 9.17) is 4.74 Å². The average Bonchev–Trinajstić information content (AvgIpc) is 2.93. The van der Waals surface area contributed by atoms with Gasteiger partial charge in [0.1, 0.15) is 0 Å². The Hall–Kier alpha value is -0.610. The van der Waals surface area contributed by atoms with Crippen molar-refractivity contribution in [1.29, 1.82) is 0 Å². The summed E-state index contributed by atoms with van der Waals surface area (Å²) >= 11 is 0. The SMILES string of the molecule is CCOC(=O)[C@@H]1CCCN(CCCN2CCCC2)C1. The van der Waals surface area contributed by atoms with Gasteiger partial charge in [0.05, 0.1) is 12.5 Å². The quantitative estimate of drug-likeness (QED) is 0.687. The lowest BCUT2D eigenvalue weighted by Crippen LogP contribution is -2.40. The molecule has 4 nitrogen and oxygen atoms in total. The fourth-order valence-electron chi connectivity index (χ4n) is 3.24. The molecule has 1 atom stereocenters. The van der Waals surface area contributed by atoms with Crippen LogP contribution in [0.4, 0.5) is 0 Å². The lowest BCUT2D eigenvalue weighted by Gasteiger charge is -2.31. The molecule has 0 radical (unpaired) electrons. The maximum absolute atomic E-state index is 11.8. The molecule has 4 heteroatoms. The molecule has 0 bridgehead atoms. The zero-order valence-corrected chi connectivity index (χ0v) is 12.3. The van der Waals surface area contributed by atoms with Crippen LogP contribution in [0, 0.1) is 5.92 Å². The number of rotatable bonds is 6. The Bertz CT molecular complexity index is 277. The predicted molar refractivity (Wildman–Crippen MR) is 76.1 cm³/mol. The standard InChI is InChI=1S/C15H28N2O2/c1-2-19-15(18)14-7-5-10-17(13-14)12-6-11-16-8-3-4-9-16/h14H,2-13H2,1H3/t14-/m1/s1. The molecule has 0 aromatic heterocycles. The minimum absolute atomic E-state index is 0.00624. The van der Waals surface area contributed by atoms with Gasteiger partial charge in [-0.1, -0.05) is 0 Å². The first-order valence-corrected chi connectivity index (χ1v) is 7.91. The van der Waals surface area contributed by atoms with Crippen LogP contribution in [0.25, 0.3) is 0 Å². The minimum atomic E-state index is 0.00624. The van der Waals surface area contributed by atoms with Crippen molar-refractivity contribution in [3.63, 3.8) is 0 Å². The molecule has 19 heavy (non-hydrogen) atoms. The van der Waals surface area contributed by atoms with E-state index in [0.717, 1.165) is 32.5 Å². The molecular formula is C15H28N2O2. The molecule has 2 aliphatic rings. The van der Waals surface area contributed by atoms with Crippen molar-refractivity contribution in [3.8, 4) is 0 Å². The molecule has 2 saturated heterocycles. The van der Waals surface area contributed by atoms with Crippen LogP contribution in [-0.4, -0.2) is 61.6 Å². The van der Waals surface area contributed by atoms with Gasteiger partial charge >= 0.3 is 5.97 Å². The van der Waals surface area contributed by atoms with Gasteiger partial charge in [-0.15, -0.1) is 0 Å². The summed E-state index contributed by atoms with van der Waals surface area (Å²) in [6.45, 7) is 9.36. The van der Waals surface area contributed by atoms with Crippen LogP contribution in [0.5, 0.6) is 0 Å². The Balaban J connectivity index is 1.64. The van der Waals surface area contributed by atoms with E-state index in [9.17, 15) is 4.79 Å². The normalized spacial score (nSPS) is 25.6.